The predicted octanol–water partition coefficient (Wildman–Crippen LogP) is 4.54. The smallest absolute Gasteiger partial charge is 0.224 e. The zero-order valence-corrected chi connectivity index (χ0v) is 14.4. The molecule has 0 aliphatic carbocycles. The summed E-state index contributed by atoms with van der Waals surface area (Å²) in [6.07, 6.45) is -4.47. The standard InChI is InChI=1S/C14H18BrF3O2S/c1-13(2,3)11(8-15)9-21(19,20)12-6-4-10(5-7-12)14(16,17)18/h4-7,11H,8-9H2,1-3H3. The molecule has 0 saturated heterocycles. The van der Waals surface area contributed by atoms with Gasteiger partial charge in [-0.05, 0) is 35.6 Å². The summed E-state index contributed by atoms with van der Waals surface area (Å²) in [6.45, 7) is 5.80. The zero-order chi connectivity index (χ0) is 16.5. The van der Waals surface area contributed by atoms with E-state index in [1.807, 2.05) is 20.8 Å². The van der Waals surface area contributed by atoms with Gasteiger partial charge in [-0.3, -0.25) is 0 Å². The van der Waals surface area contributed by atoms with E-state index < -0.39 is 21.6 Å². The lowest BCUT2D eigenvalue weighted by atomic mass is 9.83. The Bertz CT molecular complexity index is 572. The van der Waals surface area contributed by atoms with Crippen LogP contribution in [0, 0.1) is 11.3 Å². The van der Waals surface area contributed by atoms with Crippen molar-refractivity contribution in [3.63, 3.8) is 0 Å². The molecule has 120 valence electrons. The average Bonchev–Trinajstić information content (AvgIpc) is 2.34. The minimum atomic E-state index is -4.47. The minimum absolute atomic E-state index is 0.0781. The molecule has 0 heterocycles. The van der Waals surface area contributed by atoms with E-state index in [1.54, 1.807) is 0 Å². The van der Waals surface area contributed by atoms with Crippen molar-refractivity contribution in [1.82, 2.24) is 0 Å². The van der Waals surface area contributed by atoms with Gasteiger partial charge in [-0.2, -0.15) is 13.2 Å². The first-order valence-electron chi connectivity index (χ1n) is 6.34. The largest absolute Gasteiger partial charge is 0.416 e. The van der Waals surface area contributed by atoms with Crippen molar-refractivity contribution >= 4 is 25.8 Å². The molecular formula is C14H18BrF3O2S. The van der Waals surface area contributed by atoms with Crippen molar-refractivity contribution in [1.29, 1.82) is 0 Å². The summed E-state index contributed by atoms with van der Waals surface area (Å²) in [6, 6.07) is 3.64. The lowest BCUT2D eigenvalue weighted by Crippen LogP contribution is -2.29. The number of hydrogen-bond donors (Lipinski definition) is 0. The van der Waals surface area contributed by atoms with Crippen LogP contribution in [0.5, 0.6) is 0 Å². The summed E-state index contributed by atoms with van der Waals surface area (Å²) >= 11 is 3.30. The molecule has 21 heavy (non-hydrogen) atoms. The summed E-state index contributed by atoms with van der Waals surface area (Å²) in [4.78, 5) is -0.0781. The van der Waals surface area contributed by atoms with Crippen molar-refractivity contribution in [2.24, 2.45) is 11.3 Å². The number of halogens is 4. The highest BCUT2D eigenvalue weighted by Crippen LogP contribution is 2.32. The van der Waals surface area contributed by atoms with Crippen LogP contribution in [0.1, 0.15) is 26.3 Å². The lowest BCUT2D eigenvalue weighted by molar-refractivity contribution is -0.137. The van der Waals surface area contributed by atoms with Gasteiger partial charge in [-0.1, -0.05) is 36.7 Å². The monoisotopic (exact) mass is 386 g/mol. The number of hydrogen-bond acceptors (Lipinski definition) is 2. The van der Waals surface area contributed by atoms with Gasteiger partial charge in [0.25, 0.3) is 0 Å². The summed E-state index contributed by atoms with van der Waals surface area (Å²) in [5.41, 5.74) is -1.07. The van der Waals surface area contributed by atoms with Gasteiger partial charge in [-0.15, -0.1) is 0 Å². The number of alkyl halides is 4. The number of rotatable bonds is 4. The van der Waals surface area contributed by atoms with Gasteiger partial charge in [0.15, 0.2) is 9.84 Å². The molecule has 1 rings (SSSR count). The highest BCUT2D eigenvalue weighted by atomic mass is 79.9. The van der Waals surface area contributed by atoms with Crippen molar-refractivity contribution in [3.05, 3.63) is 29.8 Å². The summed E-state index contributed by atoms with van der Waals surface area (Å²) in [7, 11) is -3.61. The highest BCUT2D eigenvalue weighted by molar-refractivity contribution is 9.09. The van der Waals surface area contributed by atoms with E-state index in [1.165, 1.54) is 0 Å². The molecule has 1 atom stereocenters. The maximum absolute atomic E-state index is 12.5. The van der Waals surface area contributed by atoms with Crippen molar-refractivity contribution in [2.45, 2.75) is 31.8 Å². The predicted molar refractivity (Wildman–Crippen MR) is 80.2 cm³/mol. The molecule has 1 aromatic carbocycles. The second-order valence-electron chi connectivity index (χ2n) is 6.02. The second kappa shape index (κ2) is 6.28. The summed E-state index contributed by atoms with van der Waals surface area (Å²) in [5.74, 6) is -0.239. The Morgan fingerprint density at radius 2 is 1.57 bits per heavy atom. The first-order valence-corrected chi connectivity index (χ1v) is 9.11. The molecule has 7 heteroatoms. The van der Waals surface area contributed by atoms with Crippen LogP contribution in [0.25, 0.3) is 0 Å². The minimum Gasteiger partial charge on any atom is -0.224 e. The van der Waals surface area contributed by atoms with E-state index in [0.717, 1.165) is 24.3 Å². The molecule has 2 nitrogen and oxygen atoms in total. The Labute approximate surface area is 131 Å². The molecule has 1 unspecified atom stereocenters. The van der Waals surface area contributed by atoms with Gasteiger partial charge in [0.1, 0.15) is 0 Å². The van der Waals surface area contributed by atoms with E-state index in [9.17, 15) is 21.6 Å². The third-order valence-corrected chi connectivity index (χ3v) is 5.99. The quantitative estimate of drug-likeness (QED) is 0.712. The van der Waals surface area contributed by atoms with E-state index in [4.69, 9.17) is 0 Å². The molecule has 0 amide bonds. The Morgan fingerprint density at radius 1 is 1.10 bits per heavy atom. The van der Waals surface area contributed by atoms with Gasteiger partial charge >= 0.3 is 6.18 Å². The molecule has 0 aliphatic rings. The average molecular weight is 387 g/mol. The molecule has 0 bridgehead atoms. The van der Waals surface area contributed by atoms with Crippen molar-refractivity contribution < 1.29 is 21.6 Å². The molecular weight excluding hydrogens is 369 g/mol. The molecule has 0 spiro atoms. The summed E-state index contributed by atoms with van der Waals surface area (Å²) < 4.78 is 62.1. The third-order valence-electron chi connectivity index (χ3n) is 3.37. The SMILES string of the molecule is CC(C)(C)C(CBr)CS(=O)(=O)c1ccc(C(F)(F)F)cc1. The normalized spacial score (nSPS) is 15.0. The fraction of sp³-hybridized carbons (Fsp3) is 0.571. The van der Waals surface area contributed by atoms with Gasteiger partial charge < -0.3 is 0 Å². The first kappa shape index (κ1) is 18.5. The van der Waals surface area contributed by atoms with Crippen LogP contribution in [-0.4, -0.2) is 19.5 Å². The van der Waals surface area contributed by atoms with Crippen LogP contribution in [0.3, 0.4) is 0 Å². The Hall–Kier alpha value is -0.560. The third kappa shape index (κ3) is 4.98. The van der Waals surface area contributed by atoms with Gasteiger partial charge in [0.2, 0.25) is 0 Å². The first-order chi connectivity index (χ1) is 9.38. The topological polar surface area (TPSA) is 34.1 Å². The molecule has 1 aromatic rings. The molecule has 0 fully saturated rings. The van der Waals surface area contributed by atoms with E-state index >= 15 is 0 Å². The number of benzene rings is 1. The maximum Gasteiger partial charge on any atom is 0.416 e. The van der Waals surface area contributed by atoms with Crippen molar-refractivity contribution in [3.8, 4) is 0 Å². The van der Waals surface area contributed by atoms with E-state index in [2.05, 4.69) is 15.9 Å². The van der Waals surface area contributed by atoms with Gasteiger partial charge in [0, 0.05) is 5.33 Å². The second-order valence-corrected chi connectivity index (χ2v) is 8.70. The van der Waals surface area contributed by atoms with Gasteiger partial charge in [0.05, 0.1) is 16.2 Å². The van der Waals surface area contributed by atoms with Crippen molar-refractivity contribution in [2.75, 3.05) is 11.1 Å². The fourth-order valence-electron chi connectivity index (χ4n) is 1.74. The van der Waals surface area contributed by atoms with Crippen LogP contribution >= 0.6 is 15.9 Å². The zero-order valence-electron chi connectivity index (χ0n) is 12.0. The lowest BCUT2D eigenvalue weighted by Gasteiger charge is -2.28. The van der Waals surface area contributed by atoms with Crippen LogP contribution in [0.15, 0.2) is 29.2 Å². The summed E-state index contributed by atoms with van der Waals surface area (Å²) in [5, 5.41) is 0.510. The molecule has 0 radical (unpaired) electrons. The van der Waals surface area contributed by atoms with E-state index in [0.29, 0.717) is 5.33 Å². The Balaban J connectivity index is 3.04. The molecule has 0 aromatic heterocycles. The molecule has 0 saturated carbocycles. The van der Waals surface area contributed by atoms with Crippen LogP contribution in [0.4, 0.5) is 13.2 Å². The fourth-order valence-corrected chi connectivity index (χ4v) is 5.13. The molecule has 0 N–H and O–H groups in total. The van der Waals surface area contributed by atoms with Crippen LogP contribution < -0.4 is 0 Å². The van der Waals surface area contributed by atoms with E-state index in [-0.39, 0.29) is 22.0 Å². The van der Waals surface area contributed by atoms with Crippen LogP contribution in [-0.2, 0) is 16.0 Å². The Kier molecular flexibility index (Phi) is 5.53. The highest BCUT2D eigenvalue weighted by Gasteiger charge is 2.32. The Morgan fingerprint density at radius 3 is 1.90 bits per heavy atom. The van der Waals surface area contributed by atoms with Crippen LogP contribution in [0.2, 0.25) is 0 Å². The molecule has 0 aliphatic heterocycles. The van der Waals surface area contributed by atoms with Gasteiger partial charge in [-0.25, -0.2) is 8.42 Å². The number of sulfone groups is 1. The maximum atomic E-state index is 12.5.